The van der Waals surface area contributed by atoms with E-state index in [0.717, 1.165) is 15.7 Å². The highest BCUT2D eigenvalue weighted by Crippen LogP contribution is 2.27. The molecule has 0 aliphatic carbocycles. The molecule has 0 radical (unpaired) electrons. The van der Waals surface area contributed by atoms with Crippen LogP contribution in [0.5, 0.6) is 0 Å². The van der Waals surface area contributed by atoms with Gasteiger partial charge >= 0.3 is 0 Å². The first kappa shape index (κ1) is 15.5. The Balaban J connectivity index is 2.21. The molecule has 4 nitrogen and oxygen atoms in total. The molecule has 0 amide bonds. The number of primary sulfonamides is 1. The fraction of sp³-hybridized carbons (Fsp3) is 0.231. The van der Waals surface area contributed by atoms with E-state index in [9.17, 15) is 8.42 Å². The van der Waals surface area contributed by atoms with Crippen molar-refractivity contribution in [3.63, 3.8) is 0 Å². The molecule has 0 aliphatic rings. The maximum atomic E-state index is 11.4. The highest BCUT2D eigenvalue weighted by molar-refractivity contribution is 9.10. The molecule has 0 spiro atoms. The molecule has 2 rings (SSSR count). The van der Waals surface area contributed by atoms with Crippen LogP contribution in [-0.4, -0.2) is 8.42 Å². The van der Waals surface area contributed by atoms with Gasteiger partial charge in [-0.15, -0.1) is 11.3 Å². The summed E-state index contributed by atoms with van der Waals surface area (Å²) < 4.78 is 23.8. The number of rotatable bonds is 4. The fourth-order valence-electron chi connectivity index (χ4n) is 1.76. The molecule has 108 valence electrons. The van der Waals surface area contributed by atoms with E-state index in [0.29, 0.717) is 6.54 Å². The van der Waals surface area contributed by atoms with E-state index in [2.05, 4.69) is 27.3 Å². The van der Waals surface area contributed by atoms with E-state index in [1.54, 1.807) is 23.5 Å². The summed E-state index contributed by atoms with van der Waals surface area (Å²) in [7, 11) is -3.67. The van der Waals surface area contributed by atoms with Gasteiger partial charge < -0.3 is 5.32 Å². The topological polar surface area (TPSA) is 72.2 Å². The minimum atomic E-state index is -3.67. The predicted molar refractivity (Wildman–Crippen MR) is 86.6 cm³/mol. The van der Waals surface area contributed by atoms with Crippen LogP contribution in [-0.2, 0) is 16.6 Å². The van der Waals surface area contributed by atoms with Gasteiger partial charge in [0.25, 0.3) is 0 Å². The average Bonchev–Trinajstić information content (AvgIpc) is 2.66. The van der Waals surface area contributed by atoms with Crippen molar-refractivity contribution in [2.45, 2.75) is 25.3 Å². The van der Waals surface area contributed by atoms with Gasteiger partial charge in [-0.1, -0.05) is 6.07 Å². The average molecular weight is 375 g/mol. The summed E-state index contributed by atoms with van der Waals surface area (Å²) in [6, 6.07) is 6.89. The van der Waals surface area contributed by atoms with E-state index in [1.807, 2.05) is 13.8 Å². The van der Waals surface area contributed by atoms with Crippen molar-refractivity contribution in [1.29, 1.82) is 0 Å². The van der Waals surface area contributed by atoms with Gasteiger partial charge in [0.15, 0.2) is 0 Å². The number of hydrogen-bond donors (Lipinski definition) is 2. The third-order valence-corrected chi connectivity index (χ3v) is 5.95. The quantitative estimate of drug-likeness (QED) is 0.861. The summed E-state index contributed by atoms with van der Waals surface area (Å²) in [5, 5.41) is 8.40. The first-order valence-corrected chi connectivity index (χ1v) is 9.05. The lowest BCUT2D eigenvalue weighted by Crippen LogP contribution is -2.12. The third kappa shape index (κ3) is 3.60. The second kappa shape index (κ2) is 5.85. The molecule has 1 heterocycles. The number of anilines is 1. The minimum Gasteiger partial charge on any atom is -0.380 e. The Morgan fingerprint density at radius 2 is 2.00 bits per heavy atom. The normalized spacial score (nSPS) is 11.6. The van der Waals surface area contributed by atoms with Gasteiger partial charge in [-0.2, -0.15) is 0 Å². The molecule has 1 aromatic heterocycles. The molecule has 0 fully saturated rings. The van der Waals surface area contributed by atoms with Crippen LogP contribution in [0.2, 0.25) is 0 Å². The van der Waals surface area contributed by atoms with E-state index in [1.165, 1.54) is 15.8 Å². The zero-order chi connectivity index (χ0) is 14.9. The molecule has 0 saturated carbocycles. The SMILES string of the molecule is Cc1ccc(S(N)(=O)=O)cc1NCc1cc(Br)c(C)s1. The van der Waals surface area contributed by atoms with Crippen molar-refractivity contribution >= 4 is 43.0 Å². The standard InChI is InChI=1S/C13H15BrN2O2S2/c1-8-3-4-11(20(15,17)18)6-13(8)16-7-10-5-12(14)9(2)19-10/h3-6,16H,7H2,1-2H3,(H2,15,17,18). The maximum Gasteiger partial charge on any atom is 0.238 e. The number of sulfonamides is 1. The highest BCUT2D eigenvalue weighted by Gasteiger charge is 2.10. The van der Waals surface area contributed by atoms with E-state index in [-0.39, 0.29) is 4.90 Å². The van der Waals surface area contributed by atoms with E-state index in [4.69, 9.17) is 5.14 Å². The van der Waals surface area contributed by atoms with Crippen LogP contribution in [0.15, 0.2) is 33.6 Å². The summed E-state index contributed by atoms with van der Waals surface area (Å²) in [4.78, 5) is 2.51. The molecule has 0 unspecified atom stereocenters. The lowest BCUT2D eigenvalue weighted by molar-refractivity contribution is 0.598. The minimum absolute atomic E-state index is 0.120. The lowest BCUT2D eigenvalue weighted by atomic mass is 10.2. The van der Waals surface area contributed by atoms with E-state index >= 15 is 0 Å². The van der Waals surface area contributed by atoms with Crippen LogP contribution in [0.4, 0.5) is 5.69 Å². The summed E-state index contributed by atoms with van der Waals surface area (Å²) in [6.45, 7) is 4.61. The number of nitrogens with two attached hydrogens (primary N) is 1. The summed E-state index contributed by atoms with van der Waals surface area (Å²) in [6.07, 6.45) is 0. The summed E-state index contributed by atoms with van der Waals surface area (Å²) in [5.74, 6) is 0. The Morgan fingerprint density at radius 3 is 2.55 bits per heavy atom. The molecule has 7 heteroatoms. The molecular formula is C13H15BrN2O2S2. The van der Waals surface area contributed by atoms with Crippen molar-refractivity contribution in [2.24, 2.45) is 5.14 Å². The maximum absolute atomic E-state index is 11.4. The van der Waals surface area contributed by atoms with Crippen LogP contribution in [0.25, 0.3) is 0 Å². The molecule has 0 bridgehead atoms. The largest absolute Gasteiger partial charge is 0.380 e. The summed E-state index contributed by atoms with van der Waals surface area (Å²) >= 11 is 5.18. The van der Waals surface area contributed by atoms with Crippen LogP contribution >= 0.6 is 27.3 Å². The number of aryl methyl sites for hydroxylation is 2. The summed E-state index contributed by atoms with van der Waals surface area (Å²) in [5.41, 5.74) is 1.75. The molecule has 2 aromatic rings. The van der Waals surface area contributed by atoms with Gasteiger partial charge in [-0.05, 0) is 53.5 Å². The molecule has 1 aromatic carbocycles. The lowest BCUT2D eigenvalue weighted by Gasteiger charge is -2.10. The van der Waals surface area contributed by atoms with Crippen molar-refractivity contribution in [3.05, 3.63) is 44.1 Å². The molecule has 0 saturated heterocycles. The van der Waals surface area contributed by atoms with Gasteiger partial charge in [0, 0.05) is 26.5 Å². The highest BCUT2D eigenvalue weighted by atomic mass is 79.9. The van der Waals surface area contributed by atoms with Crippen molar-refractivity contribution in [2.75, 3.05) is 5.32 Å². The predicted octanol–water partition coefficient (Wildman–Crippen LogP) is 3.39. The van der Waals surface area contributed by atoms with Gasteiger partial charge in [-0.3, -0.25) is 0 Å². The number of nitrogens with one attached hydrogen (secondary N) is 1. The van der Waals surface area contributed by atoms with Crippen molar-refractivity contribution < 1.29 is 8.42 Å². The second-order valence-electron chi connectivity index (χ2n) is 4.49. The smallest absolute Gasteiger partial charge is 0.238 e. The molecule has 20 heavy (non-hydrogen) atoms. The van der Waals surface area contributed by atoms with Gasteiger partial charge in [0.2, 0.25) is 10.0 Å². The molecular weight excluding hydrogens is 360 g/mol. The van der Waals surface area contributed by atoms with Crippen LogP contribution < -0.4 is 10.5 Å². The Hall–Kier alpha value is -0.890. The van der Waals surface area contributed by atoms with Gasteiger partial charge in [-0.25, -0.2) is 13.6 Å². The second-order valence-corrected chi connectivity index (χ2v) is 8.25. The molecule has 0 atom stereocenters. The Labute approximate surface area is 131 Å². The van der Waals surface area contributed by atoms with Crippen LogP contribution in [0, 0.1) is 13.8 Å². The number of halogens is 1. The number of hydrogen-bond acceptors (Lipinski definition) is 4. The molecule has 0 aliphatic heterocycles. The monoisotopic (exact) mass is 374 g/mol. The third-order valence-electron chi connectivity index (χ3n) is 2.90. The van der Waals surface area contributed by atoms with Crippen LogP contribution in [0.3, 0.4) is 0 Å². The Bertz CT molecular complexity index is 719. The first-order valence-electron chi connectivity index (χ1n) is 5.89. The Morgan fingerprint density at radius 1 is 1.30 bits per heavy atom. The van der Waals surface area contributed by atoms with Gasteiger partial charge in [0.05, 0.1) is 4.90 Å². The number of benzene rings is 1. The fourth-order valence-corrected chi connectivity index (χ4v) is 3.84. The van der Waals surface area contributed by atoms with E-state index < -0.39 is 10.0 Å². The first-order chi connectivity index (χ1) is 9.27. The van der Waals surface area contributed by atoms with Crippen LogP contribution in [0.1, 0.15) is 15.3 Å². The molecule has 3 N–H and O–H groups in total. The number of thiophene rings is 1. The van der Waals surface area contributed by atoms with Crippen molar-refractivity contribution in [1.82, 2.24) is 0 Å². The van der Waals surface area contributed by atoms with Crippen molar-refractivity contribution in [3.8, 4) is 0 Å². The zero-order valence-corrected chi connectivity index (χ0v) is 14.3. The zero-order valence-electron chi connectivity index (χ0n) is 11.1. The Kier molecular flexibility index (Phi) is 4.53. The van der Waals surface area contributed by atoms with Gasteiger partial charge in [0.1, 0.15) is 0 Å².